The van der Waals surface area contributed by atoms with Gasteiger partial charge in [-0.05, 0) is 12.8 Å². The Hall–Kier alpha value is -2.51. The molecule has 7 heteroatoms. The van der Waals surface area contributed by atoms with Crippen LogP contribution in [-0.4, -0.2) is 41.1 Å². The molecule has 0 aliphatic carbocycles. The predicted octanol–water partition coefficient (Wildman–Crippen LogP) is 3.40. The fourth-order valence-electron chi connectivity index (χ4n) is 3.47. The fourth-order valence-corrected chi connectivity index (χ4v) is 4.24. The number of rotatable bonds is 7. The van der Waals surface area contributed by atoms with Crippen LogP contribution in [0.4, 0.5) is 11.6 Å². The lowest BCUT2D eigenvalue weighted by molar-refractivity contribution is 0.570. The van der Waals surface area contributed by atoms with Crippen LogP contribution in [-0.2, 0) is 6.54 Å². The standard InChI is InChI=1S/C20H24N6S/c1-21-18-10-19(24-14-23-18)26-9-5-8-16(26)11-22-12-20-25-17(13-27-20)15-6-3-2-4-7-15/h2-4,6-7,10,13-14,16,22H,5,8-9,11-12H2,1H3,(H,21,23,24). The van der Waals surface area contributed by atoms with Crippen LogP contribution in [0.25, 0.3) is 11.3 Å². The maximum atomic E-state index is 4.76. The molecule has 1 saturated heterocycles. The van der Waals surface area contributed by atoms with Crippen LogP contribution >= 0.6 is 11.3 Å². The number of hydrogen-bond acceptors (Lipinski definition) is 7. The zero-order chi connectivity index (χ0) is 18.5. The van der Waals surface area contributed by atoms with E-state index in [1.807, 2.05) is 31.3 Å². The minimum absolute atomic E-state index is 0.457. The second-order valence-electron chi connectivity index (χ2n) is 6.62. The summed E-state index contributed by atoms with van der Waals surface area (Å²) in [7, 11) is 1.88. The highest BCUT2D eigenvalue weighted by Crippen LogP contribution is 2.25. The minimum Gasteiger partial charge on any atom is -0.373 e. The molecule has 1 fully saturated rings. The average molecular weight is 381 g/mol. The molecule has 2 aromatic heterocycles. The SMILES string of the molecule is CNc1cc(N2CCCC2CNCc2nc(-c3ccccc3)cs2)ncn1. The molecule has 0 radical (unpaired) electrons. The first kappa shape index (κ1) is 17.9. The smallest absolute Gasteiger partial charge is 0.134 e. The first-order valence-electron chi connectivity index (χ1n) is 9.30. The fraction of sp³-hybridized carbons (Fsp3) is 0.350. The lowest BCUT2D eigenvalue weighted by Gasteiger charge is -2.26. The topological polar surface area (TPSA) is 66.0 Å². The van der Waals surface area contributed by atoms with Crippen LogP contribution in [0.15, 0.2) is 48.1 Å². The summed E-state index contributed by atoms with van der Waals surface area (Å²) in [6.07, 6.45) is 4.00. The third-order valence-corrected chi connectivity index (χ3v) is 5.71. The molecule has 6 nitrogen and oxygen atoms in total. The van der Waals surface area contributed by atoms with E-state index in [1.54, 1.807) is 17.7 Å². The van der Waals surface area contributed by atoms with E-state index in [1.165, 1.54) is 18.4 Å². The molecule has 1 aromatic carbocycles. The molecule has 1 unspecified atom stereocenters. The Morgan fingerprint density at radius 1 is 1.22 bits per heavy atom. The number of benzene rings is 1. The molecule has 140 valence electrons. The highest BCUT2D eigenvalue weighted by atomic mass is 32.1. The van der Waals surface area contributed by atoms with E-state index in [-0.39, 0.29) is 0 Å². The molecular weight excluding hydrogens is 356 g/mol. The molecule has 1 aliphatic heterocycles. The van der Waals surface area contributed by atoms with E-state index in [9.17, 15) is 0 Å². The number of aromatic nitrogens is 3. The van der Waals surface area contributed by atoms with Crippen molar-refractivity contribution in [3.8, 4) is 11.3 Å². The van der Waals surface area contributed by atoms with Crippen molar-refractivity contribution >= 4 is 23.0 Å². The third-order valence-electron chi connectivity index (χ3n) is 4.86. The Morgan fingerprint density at radius 3 is 2.96 bits per heavy atom. The highest BCUT2D eigenvalue weighted by Gasteiger charge is 2.25. The van der Waals surface area contributed by atoms with Crippen molar-refractivity contribution in [1.82, 2.24) is 20.3 Å². The van der Waals surface area contributed by atoms with Gasteiger partial charge in [0.1, 0.15) is 23.0 Å². The Morgan fingerprint density at radius 2 is 2.11 bits per heavy atom. The van der Waals surface area contributed by atoms with Crippen LogP contribution in [0.1, 0.15) is 17.8 Å². The molecular formula is C20H24N6S. The van der Waals surface area contributed by atoms with Gasteiger partial charge in [0, 0.05) is 49.7 Å². The number of anilines is 2. The minimum atomic E-state index is 0.457. The molecule has 2 N–H and O–H groups in total. The van der Waals surface area contributed by atoms with Crippen molar-refractivity contribution in [2.24, 2.45) is 0 Å². The molecule has 0 amide bonds. The maximum Gasteiger partial charge on any atom is 0.134 e. The van der Waals surface area contributed by atoms with Gasteiger partial charge in [0.2, 0.25) is 0 Å². The summed E-state index contributed by atoms with van der Waals surface area (Å²) in [5.41, 5.74) is 2.23. The summed E-state index contributed by atoms with van der Waals surface area (Å²) in [6.45, 7) is 2.77. The van der Waals surface area contributed by atoms with Crippen LogP contribution in [0.5, 0.6) is 0 Å². The molecule has 0 saturated carbocycles. The van der Waals surface area contributed by atoms with Crippen LogP contribution in [0.3, 0.4) is 0 Å². The van der Waals surface area contributed by atoms with Gasteiger partial charge in [0.25, 0.3) is 0 Å². The van der Waals surface area contributed by atoms with Crippen molar-refractivity contribution in [1.29, 1.82) is 0 Å². The number of hydrogen-bond donors (Lipinski definition) is 2. The molecule has 1 aliphatic rings. The maximum absolute atomic E-state index is 4.76. The Labute approximate surface area is 163 Å². The van der Waals surface area contributed by atoms with E-state index in [0.717, 1.165) is 42.0 Å². The summed E-state index contributed by atoms with van der Waals surface area (Å²) in [5.74, 6) is 1.86. The van der Waals surface area contributed by atoms with Crippen molar-refractivity contribution in [3.05, 3.63) is 53.1 Å². The molecule has 4 rings (SSSR count). The molecule has 3 aromatic rings. The third kappa shape index (κ3) is 4.26. The van der Waals surface area contributed by atoms with Crippen molar-refractivity contribution in [2.75, 3.05) is 30.4 Å². The first-order valence-corrected chi connectivity index (χ1v) is 10.2. The molecule has 1 atom stereocenters. The monoisotopic (exact) mass is 380 g/mol. The summed E-state index contributed by atoms with van der Waals surface area (Å²) >= 11 is 1.71. The van der Waals surface area contributed by atoms with Crippen molar-refractivity contribution in [3.63, 3.8) is 0 Å². The van der Waals surface area contributed by atoms with Crippen molar-refractivity contribution < 1.29 is 0 Å². The number of nitrogens with zero attached hydrogens (tertiary/aromatic N) is 4. The predicted molar refractivity (Wildman–Crippen MR) is 111 cm³/mol. The van der Waals surface area contributed by atoms with Crippen LogP contribution in [0, 0.1) is 0 Å². The van der Waals surface area contributed by atoms with Gasteiger partial charge in [0.15, 0.2) is 0 Å². The number of nitrogens with one attached hydrogen (secondary N) is 2. The Kier molecular flexibility index (Phi) is 5.60. The van der Waals surface area contributed by atoms with Gasteiger partial charge < -0.3 is 15.5 Å². The Bertz CT molecular complexity index is 866. The second kappa shape index (κ2) is 8.45. The van der Waals surface area contributed by atoms with Gasteiger partial charge in [-0.1, -0.05) is 30.3 Å². The average Bonchev–Trinajstić information content (AvgIpc) is 3.38. The summed E-state index contributed by atoms with van der Waals surface area (Å²) < 4.78 is 0. The summed E-state index contributed by atoms with van der Waals surface area (Å²) in [6, 6.07) is 12.8. The summed E-state index contributed by atoms with van der Waals surface area (Å²) in [5, 5.41) is 9.93. The molecule has 3 heterocycles. The highest BCUT2D eigenvalue weighted by molar-refractivity contribution is 7.09. The van der Waals surface area contributed by atoms with Gasteiger partial charge >= 0.3 is 0 Å². The quantitative estimate of drug-likeness (QED) is 0.655. The van der Waals surface area contributed by atoms with Crippen LogP contribution < -0.4 is 15.5 Å². The van der Waals surface area contributed by atoms with E-state index < -0.39 is 0 Å². The largest absolute Gasteiger partial charge is 0.373 e. The van der Waals surface area contributed by atoms with Gasteiger partial charge in [-0.3, -0.25) is 0 Å². The van der Waals surface area contributed by atoms with Crippen LogP contribution in [0.2, 0.25) is 0 Å². The molecule has 0 bridgehead atoms. The van der Waals surface area contributed by atoms with Gasteiger partial charge in [-0.2, -0.15) is 0 Å². The van der Waals surface area contributed by atoms with E-state index in [2.05, 4.69) is 43.0 Å². The normalized spacial score (nSPS) is 16.6. The number of thiazole rings is 1. The van der Waals surface area contributed by atoms with E-state index >= 15 is 0 Å². The van der Waals surface area contributed by atoms with Gasteiger partial charge in [-0.15, -0.1) is 11.3 Å². The molecule has 27 heavy (non-hydrogen) atoms. The second-order valence-corrected chi connectivity index (χ2v) is 7.57. The summed E-state index contributed by atoms with van der Waals surface area (Å²) in [4.78, 5) is 15.8. The Balaban J connectivity index is 1.34. The van der Waals surface area contributed by atoms with E-state index in [4.69, 9.17) is 4.98 Å². The van der Waals surface area contributed by atoms with Gasteiger partial charge in [0.05, 0.1) is 5.69 Å². The van der Waals surface area contributed by atoms with Crippen molar-refractivity contribution in [2.45, 2.75) is 25.4 Å². The first-order chi connectivity index (χ1) is 13.3. The molecule has 0 spiro atoms. The van der Waals surface area contributed by atoms with Gasteiger partial charge in [-0.25, -0.2) is 15.0 Å². The lowest BCUT2D eigenvalue weighted by Crippen LogP contribution is -2.38. The zero-order valence-corrected chi connectivity index (χ0v) is 16.2. The van der Waals surface area contributed by atoms with E-state index in [0.29, 0.717) is 6.04 Å². The zero-order valence-electron chi connectivity index (χ0n) is 15.4. The lowest BCUT2D eigenvalue weighted by atomic mass is 10.2.